The van der Waals surface area contributed by atoms with E-state index in [0.29, 0.717) is 13.0 Å². The summed E-state index contributed by atoms with van der Waals surface area (Å²) in [5.74, 6) is -1.26. The lowest BCUT2D eigenvalue weighted by molar-refractivity contribution is -0.153. The number of rotatable bonds is 6. The number of piperidine rings is 1. The Kier molecular flexibility index (Phi) is 7.49. The summed E-state index contributed by atoms with van der Waals surface area (Å²) in [6, 6.07) is 7.80. The van der Waals surface area contributed by atoms with Crippen LogP contribution in [0, 0.1) is 5.92 Å². The number of hydrogen-bond acceptors (Lipinski definition) is 4. The number of carboxylic acids is 1. The van der Waals surface area contributed by atoms with E-state index in [9.17, 15) is 19.5 Å². The number of carbonyl (C=O) groups excluding carboxylic acids is 2. The zero-order valence-electron chi connectivity index (χ0n) is 16.7. The van der Waals surface area contributed by atoms with Gasteiger partial charge in [-0.3, -0.25) is 4.79 Å². The fourth-order valence-electron chi connectivity index (χ4n) is 4.37. The van der Waals surface area contributed by atoms with E-state index >= 15 is 0 Å². The summed E-state index contributed by atoms with van der Waals surface area (Å²) >= 11 is 0. The van der Waals surface area contributed by atoms with Crippen LogP contribution in [-0.2, 0) is 20.9 Å². The smallest absolute Gasteiger partial charge is 0.408 e. The monoisotopic (exact) mass is 402 g/mol. The lowest BCUT2D eigenvalue weighted by Gasteiger charge is -2.38. The number of carboxylic acid groups (broad SMARTS) is 1. The van der Waals surface area contributed by atoms with E-state index in [4.69, 9.17) is 4.74 Å². The number of alkyl carbamates (subject to hydrolysis) is 1. The molecule has 1 saturated heterocycles. The fraction of sp³-hybridized carbons (Fsp3) is 0.591. The molecule has 158 valence electrons. The molecule has 1 heterocycles. The first kappa shape index (κ1) is 21.1. The van der Waals surface area contributed by atoms with Crippen LogP contribution in [0.25, 0.3) is 0 Å². The minimum Gasteiger partial charge on any atom is -0.480 e. The second kappa shape index (κ2) is 10.3. The van der Waals surface area contributed by atoms with Gasteiger partial charge < -0.3 is 20.1 Å². The van der Waals surface area contributed by atoms with Gasteiger partial charge in [0.25, 0.3) is 0 Å². The molecule has 2 amide bonds. The molecule has 3 rings (SSSR count). The largest absolute Gasteiger partial charge is 0.480 e. The van der Waals surface area contributed by atoms with Gasteiger partial charge in [0.15, 0.2) is 0 Å². The maximum Gasteiger partial charge on any atom is 0.408 e. The molecule has 7 nitrogen and oxygen atoms in total. The summed E-state index contributed by atoms with van der Waals surface area (Å²) in [7, 11) is 0. The first-order valence-electron chi connectivity index (χ1n) is 10.6. The highest BCUT2D eigenvalue weighted by Gasteiger charge is 2.39. The molecule has 7 heteroatoms. The van der Waals surface area contributed by atoms with Gasteiger partial charge >= 0.3 is 12.1 Å². The number of hydrogen-bond donors (Lipinski definition) is 2. The molecule has 29 heavy (non-hydrogen) atoms. The van der Waals surface area contributed by atoms with Crippen molar-refractivity contribution in [3.63, 3.8) is 0 Å². The molecule has 0 radical (unpaired) electrons. The second-order valence-corrected chi connectivity index (χ2v) is 7.96. The summed E-state index contributed by atoms with van der Waals surface area (Å²) in [4.78, 5) is 38.9. The van der Waals surface area contributed by atoms with Crippen molar-refractivity contribution in [2.75, 3.05) is 6.54 Å². The van der Waals surface area contributed by atoms with Crippen molar-refractivity contribution in [1.82, 2.24) is 10.2 Å². The van der Waals surface area contributed by atoms with E-state index in [1.54, 1.807) is 0 Å². The number of nitrogens with zero attached hydrogens (tertiary/aromatic N) is 1. The molecule has 1 saturated carbocycles. The van der Waals surface area contributed by atoms with E-state index in [-0.39, 0.29) is 18.4 Å². The Balaban J connectivity index is 1.69. The van der Waals surface area contributed by atoms with Gasteiger partial charge in [0, 0.05) is 6.54 Å². The Labute approximate surface area is 171 Å². The highest BCUT2D eigenvalue weighted by atomic mass is 16.5. The van der Waals surface area contributed by atoms with Crippen molar-refractivity contribution < 1.29 is 24.2 Å². The lowest BCUT2D eigenvalue weighted by Crippen LogP contribution is -2.57. The van der Waals surface area contributed by atoms with Gasteiger partial charge in [-0.05, 0) is 43.6 Å². The zero-order chi connectivity index (χ0) is 20.6. The Morgan fingerprint density at radius 1 is 1.03 bits per heavy atom. The molecule has 0 bridgehead atoms. The molecule has 0 spiro atoms. The Hall–Kier alpha value is -2.57. The fourth-order valence-corrected chi connectivity index (χ4v) is 4.37. The van der Waals surface area contributed by atoms with Crippen molar-refractivity contribution in [3.05, 3.63) is 35.9 Å². The first-order valence-corrected chi connectivity index (χ1v) is 10.6. The average molecular weight is 402 g/mol. The number of amides is 2. The minimum atomic E-state index is -0.980. The van der Waals surface area contributed by atoms with Gasteiger partial charge in [-0.15, -0.1) is 0 Å². The van der Waals surface area contributed by atoms with Crippen LogP contribution in [0.2, 0.25) is 0 Å². The number of likely N-dealkylation sites (tertiary alicyclic amines) is 1. The predicted molar refractivity (Wildman–Crippen MR) is 107 cm³/mol. The van der Waals surface area contributed by atoms with Crippen molar-refractivity contribution in [3.8, 4) is 0 Å². The van der Waals surface area contributed by atoms with E-state index < -0.39 is 24.1 Å². The van der Waals surface area contributed by atoms with E-state index in [1.807, 2.05) is 30.3 Å². The molecule has 1 aromatic rings. The highest BCUT2D eigenvalue weighted by Crippen LogP contribution is 2.29. The van der Waals surface area contributed by atoms with E-state index in [0.717, 1.165) is 50.5 Å². The van der Waals surface area contributed by atoms with Crippen LogP contribution in [0.15, 0.2) is 30.3 Å². The Morgan fingerprint density at radius 3 is 2.41 bits per heavy atom. The van der Waals surface area contributed by atoms with Crippen LogP contribution in [0.3, 0.4) is 0 Å². The molecule has 0 aromatic heterocycles. The van der Waals surface area contributed by atoms with Crippen LogP contribution in [0.1, 0.15) is 56.9 Å². The predicted octanol–water partition coefficient (Wildman–Crippen LogP) is 3.33. The summed E-state index contributed by atoms with van der Waals surface area (Å²) in [6.45, 7) is 0.541. The third kappa shape index (κ3) is 5.71. The van der Waals surface area contributed by atoms with Crippen LogP contribution >= 0.6 is 0 Å². The molecule has 2 N–H and O–H groups in total. The van der Waals surface area contributed by atoms with E-state index in [1.165, 1.54) is 4.90 Å². The summed E-state index contributed by atoms with van der Waals surface area (Å²) < 4.78 is 5.32. The quantitative estimate of drug-likeness (QED) is 0.761. The highest BCUT2D eigenvalue weighted by molar-refractivity contribution is 5.89. The standard InChI is InChI=1S/C22H30N2O5/c25-20(24-14-8-7-13-18(24)21(26)27)19(17-11-5-2-6-12-17)23-22(28)29-15-16-9-3-1-4-10-16/h1,3-4,9-10,17-19H,2,5-8,11-15H2,(H,23,28)(H,26,27)/t18-,19?/m0/s1. The van der Waals surface area contributed by atoms with Crippen LogP contribution in [0.5, 0.6) is 0 Å². The molecule has 1 aliphatic carbocycles. The molecule has 2 atom stereocenters. The summed E-state index contributed by atoms with van der Waals surface area (Å²) in [5.41, 5.74) is 0.866. The minimum absolute atomic E-state index is 0.0110. The SMILES string of the molecule is O=C(NC(C(=O)N1CCCC[C@H]1C(=O)O)C1CCCCC1)OCc1ccccc1. The van der Waals surface area contributed by atoms with Crippen LogP contribution in [-0.4, -0.2) is 46.6 Å². The summed E-state index contributed by atoms with van der Waals surface area (Å²) in [6.07, 6.45) is 6.24. The maximum atomic E-state index is 13.3. The lowest BCUT2D eigenvalue weighted by atomic mass is 9.83. The molecule has 2 fully saturated rings. The van der Waals surface area contributed by atoms with Crippen molar-refractivity contribution in [1.29, 1.82) is 0 Å². The zero-order valence-corrected chi connectivity index (χ0v) is 16.7. The van der Waals surface area contributed by atoms with Crippen molar-refractivity contribution in [2.45, 2.75) is 70.1 Å². The Bertz CT molecular complexity index is 702. The average Bonchev–Trinajstić information content (AvgIpc) is 2.77. The van der Waals surface area contributed by atoms with Crippen LogP contribution < -0.4 is 5.32 Å². The van der Waals surface area contributed by atoms with Gasteiger partial charge in [0.1, 0.15) is 18.7 Å². The first-order chi connectivity index (χ1) is 14.1. The third-order valence-electron chi connectivity index (χ3n) is 5.94. The molecular weight excluding hydrogens is 372 g/mol. The Morgan fingerprint density at radius 2 is 1.72 bits per heavy atom. The number of ether oxygens (including phenoxy) is 1. The van der Waals surface area contributed by atoms with Crippen molar-refractivity contribution >= 4 is 18.0 Å². The van der Waals surface area contributed by atoms with Gasteiger partial charge in [0.2, 0.25) is 5.91 Å². The molecule has 1 unspecified atom stereocenters. The molecule has 2 aliphatic rings. The van der Waals surface area contributed by atoms with Crippen molar-refractivity contribution in [2.24, 2.45) is 5.92 Å². The second-order valence-electron chi connectivity index (χ2n) is 7.96. The number of aliphatic carboxylic acids is 1. The topological polar surface area (TPSA) is 95.9 Å². The summed E-state index contributed by atoms with van der Waals surface area (Å²) in [5, 5.41) is 12.3. The number of nitrogens with one attached hydrogen (secondary N) is 1. The van der Waals surface area contributed by atoms with Gasteiger partial charge in [-0.25, -0.2) is 9.59 Å². The normalized spacial score (nSPS) is 21.2. The van der Waals surface area contributed by atoms with Gasteiger partial charge in [-0.1, -0.05) is 49.6 Å². The van der Waals surface area contributed by atoms with Gasteiger partial charge in [0.05, 0.1) is 0 Å². The molecule has 1 aliphatic heterocycles. The third-order valence-corrected chi connectivity index (χ3v) is 5.94. The number of carbonyl (C=O) groups is 3. The molecule has 1 aromatic carbocycles. The maximum absolute atomic E-state index is 13.3. The van der Waals surface area contributed by atoms with E-state index in [2.05, 4.69) is 5.32 Å². The van der Waals surface area contributed by atoms with Gasteiger partial charge in [-0.2, -0.15) is 0 Å². The number of benzene rings is 1. The van der Waals surface area contributed by atoms with Crippen LogP contribution in [0.4, 0.5) is 4.79 Å². The molecular formula is C22H30N2O5.